The summed E-state index contributed by atoms with van der Waals surface area (Å²) in [5.74, 6) is 0.126. The molecule has 3 rings (SSSR count). The molecule has 1 fully saturated rings. The van der Waals surface area contributed by atoms with Crippen LogP contribution in [0.1, 0.15) is 60.8 Å². The number of amides is 1. The predicted molar refractivity (Wildman–Crippen MR) is 92.6 cm³/mol. The summed E-state index contributed by atoms with van der Waals surface area (Å²) in [7, 11) is 0. The van der Waals surface area contributed by atoms with Crippen molar-refractivity contribution in [1.29, 1.82) is 0 Å². The lowest BCUT2D eigenvalue weighted by Gasteiger charge is -2.33. The predicted octanol–water partition coefficient (Wildman–Crippen LogP) is 4.04. The fourth-order valence-corrected chi connectivity index (χ4v) is 3.49. The molecule has 0 atom stereocenters. The lowest BCUT2D eigenvalue weighted by Crippen LogP contribution is -2.41. The van der Waals surface area contributed by atoms with Crippen molar-refractivity contribution in [2.45, 2.75) is 58.9 Å². The highest BCUT2D eigenvalue weighted by atomic mass is 16.2. The molecule has 0 N–H and O–H groups in total. The van der Waals surface area contributed by atoms with Crippen LogP contribution in [0.15, 0.2) is 18.2 Å². The van der Waals surface area contributed by atoms with E-state index < -0.39 is 0 Å². The molecule has 1 saturated carbocycles. The number of benzene rings is 1. The monoisotopic (exact) mass is 311 g/mol. The van der Waals surface area contributed by atoms with Gasteiger partial charge in [0.1, 0.15) is 0 Å². The molecule has 0 bridgehead atoms. The first-order valence-corrected chi connectivity index (χ1v) is 8.66. The van der Waals surface area contributed by atoms with Gasteiger partial charge in [-0.05, 0) is 51.8 Å². The fourth-order valence-electron chi connectivity index (χ4n) is 3.49. The van der Waals surface area contributed by atoms with Crippen molar-refractivity contribution in [2.75, 3.05) is 6.54 Å². The van der Waals surface area contributed by atoms with Gasteiger partial charge in [-0.15, -0.1) is 0 Å². The summed E-state index contributed by atoms with van der Waals surface area (Å²) in [6.45, 7) is 6.75. The summed E-state index contributed by atoms with van der Waals surface area (Å²) in [5, 5.41) is 0. The molecule has 1 aromatic carbocycles. The number of fused-ring (bicyclic) bond motifs is 1. The summed E-state index contributed by atoms with van der Waals surface area (Å²) >= 11 is 0. The molecule has 0 spiro atoms. The molecule has 1 amide bonds. The maximum absolute atomic E-state index is 12.9. The fraction of sp³-hybridized carbons (Fsp3) is 0.526. The van der Waals surface area contributed by atoms with Gasteiger partial charge >= 0.3 is 0 Å². The number of hydrogen-bond donors (Lipinski definition) is 0. The van der Waals surface area contributed by atoms with Crippen LogP contribution in [0.25, 0.3) is 11.0 Å². The number of hydrogen-bond acceptors (Lipinski definition) is 3. The van der Waals surface area contributed by atoms with Crippen molar-refractivity contribution in [3.63, 3.8) is 0 Å². The van der Waals surface area contributed by atoms with Crippen molar-refractivity contribution in [3.8, 4) is 0 Å². The van der Waals surface area contributed by atoms with Crippen LogP contribution in [0.5, 0.6) is 0 Å². The topological polar surface area (TPSA) is 46.1 Å². The van der Waals surface area contributed by atoms with E-state index in [9.17, 15) is 4.79 Å². The molecular weight excluding hydrogens is 286 g/mol. The average molecular weight is 311 g/mol. The molecule has 0 saturated heterocycles. The molecule has 1 aromatic heterocycles. The number of nitrogens with zero attached hydrogens (tertiary/aromatic N) is 3. The molecule has 122 valence electrons. The summed E-state index contributed by atoms with van der Waals surface area (Å²) < 4.78 is 0. The number of rotatable bonds is 3. The minimum Gasteiger partial charge on any atom is -0.336 e. The quantitative estimate of drug-likeness (QED) is 0.859. The van der Waals surface area contributed by atoms with E-state index in [1.165, 1.54) is 19.3 Å². The van der Waals surface area contributed by atoms with E-state index in [0.717, 1.165) is 47.4 Å². The van der Waals surface area contributed by atoms with E-state index in [0.29, 0.717) is 6.04 Å². The maximum atomic E-state index is 12.9. The first-order valence-electron chi connectivity index (χ1n) is 8.66. The first-order chi connectivity index (χ1) is 11.1. The van der Waals surface area contributed by atoms with Gasteiger partial charge < -0.3 is 4.90 Å². The Kier molecular flexibility index (Phi) is 4.60. The van der Waals surface area contributed by atoms with Crippen molar-refractivity contribution < 1.29 is 4.79 Å². The normalized spacial score (nSPS) is 15.8. The highest BCUT2D eigenvalue weighted by molar-refractivity contribution is 5.97. The second-order valence-electron chi connectivity index (χ2n) is 6.48. The second-order valence-corrected chi connectivity index (χ2v) is 6.48. The van der Waals surface area contributed by atoms with Gasteiger partial charge in [-0.1, -0.05) is 19.3 Å². The third-order valence-corrected chi connectivity index (χ3v) is 4.94. The van der Waals surface area contributed by atoms with Gasteiger partial charge in [-0.3, -0.25) is 4.79 Å². The number of aromatic nitrogens is 2. The van der Waals surface area contributed by atoms with Gasteiger partial charge in [-0.2, -0.15) is 0 Å². The molecule has 0 aliphatic heterocycles. The molecule has 1 aliphatic rings. The van der Waals surface area contributed by atoms with Gasteiger partial charge in [0.25, 0.3) is 5.91 Å². The molecule has 1 aliphatic carbocycles. The van der Waals surface area contributed by atoms with Gasteiger partial charge in [0.05, 0.1) is 22.4 Å². The molecule has 4 nitrogen and oxygen atoms in total. The molecule has 1 heterocycles. The zero-order chi connectivity index (χ0) is 16.4. The van der Waals surface area contributed by atoms with E-state index in [2.05, 4.69) is 16.9 Å². The Labute approximate surface area is 137 Å². The summed E-state index contributed by atoms with van der Waals surface area (Å²) in [5.41, 5.74) is 4.24. The third-order valence-electron chi connectivity index (χ3n) is 4.94. The van der Waals surface area contributed by atoms with Crippen molar-refractivity contribution in [1.82, 2.24) is 14.9 Å². The van der Waals surface area contributed by atoms with Gasteiger partial charge in [-0.25, -0.2) is 9.97 Å². The van der Waals surface area contributed by atoms with Gasteiger partial charge in [0, 0.05) is 18.2 Å². The van der Waals surface area contributed by atoms with E-state index in [4.69, 9.17) is 0 Å². The Balaban J connectivity index is 1.91. The van der Waals surface area contributed by atoms with E-state index >= 15 is 0 Å². The zero-order valence-corrected chi connectivity index (χ0v) is 14.3. The Morgan fingerprint density at radius 3 is 2.39 bits per heavy atom. The molecule has 4 heteroatoms. The lowest BCUT2D eigenvalue weighted by molar-refractivity contribution is 0.0648. The SMILES string of the molecule is CCN(C(=O)c1ccc2nc(C)c(C)nc2c1)C1CCCCC1. The molecule has 2 aromatic rings. The summed E-state index contributed by atoms with van der Waals surface area (Å²) in [4.78, 5) is 24.1. The molecule has 0 radical (unpaired) electrons. The third kappa shape index (κ3) is 3.21. The largest absolute Gasteiger partial charge is 0.336 e. The van der Waals surface area contributed by atoms with Crippen LogP contribution >= 0.6 is 0 Å². The van der Waals surface area contributed by atoms with Crippen LogP contribution in [0, 0.1) is 13.8 Å². The average Bonchev–Trinajstić information content (AvgIpc) is 2.57. The Morgan fingerprint density at radius 1 is 1.09 bits per heavy atom. The summed E-state index contributed by atoms with van der Waals surface area (Å²) in [6.07, 6.45) is 6.02. The van der Waals surface area contributed by atoms with E-state index in [1.54, 1.807) is 0 Å². The molecule has 0 unspecified atom stereocenters. The lowest BCUT2D eigenvalue weighted by atomic mass is 9.93. The zero-order valence-electron chi connectivity index (χ0n) is 14.3. The van der Waals surface area contributed by atoms with Gasteiger partial charge in [0.15, 0.2) is 0 Å². The van der Waals surface area contributed by atoms with Crippen LogP contribution in [-0.2, 0) is 0 Å². The molecular formula is C19H25N3O. The smallest absolute Gasteiger partial charge is 0.254 e. The van der Waals surface area contributed by atoms with E-state index in [-0.39, 0.29) is 5.91 Å². The Bertz CT molecular complexity index is 720. The first kappa shape index (κ1) is 15.9. The second kappa shape index (κ2) is 6.65. The van der Waals surface area contributed by atoms with Gasteiger partial charge in [0.2, 0.25) is 0 Å². The molecule has 23 heavy (non-hydrogen) atoms. The minimum atomic E-state index is 0.126. The van der Waals surface area contributed by atoms with Crippen LogP contribution in [0.3, 0.4) is 0 Å². The van der Waals surface area contributed by atoms with Crippen molar-refractivity contribution >= 4 is 16.9 Å². The Hall–Kier alpha value is -1.97. The highest BCUT2D eigenvalue weighted by Crippen LogP contribution is 2.24. The highest BCUT2D eigenvalue weighted by Gasteiger charge is 2.25. The standard InChI is InChI=1S/C19H25N3O/c1-4-22(16-8-6-5-7-9-16)19(23)15-10-11-17-18(12-15)21-14(3)13(2)20-17/h10-12,16H,4-9H2,1-3H3. The number of carbonyl (C=O) groups is 1. The maximum Gasteiger partial charge on any atom is 0.254 e. The van der Waals surface area contributed by atoms with E-state index in [1.807, 2.05) is 36.9 Å². The number of aryl methyl sites for hydroxylation is 2. The van der Waals surface area contributed by atoms with Crippen molar-refractivity contribution in [3.05, 3.63) is 35.2 Å². The number of carbonyl (C=O) groups excluding carboxylic acids is 1. The van der Waals surface area contributed by atoms with Crippen LogP contribution < -0.4 is 0 Å². The van der Waals surface area contributed by atoms with Crippen LogP contribution in [0.4, 0.5) is 0 Å². The van der Waals surface area contributed by atoms with Crippen molar-refractivity contribution in [2.24, 2.45) is 0 Å². The van der Waals surface area contributed by atoms with Crippen LogP contribution in [0.2, 0.25) is 0 Å². The Morgan fingerprint density at radius 2 is 1.74 bits per heavy atom. The summed E-state index contributed by atoms with van der Waals surface area (Å²) in [6, 6.07) is 6.08. The van der Waals surface area contributed by atoms with Crippen LogP contribution in [-0.4, -0.2) is 33.4 Å². The minimum absolute atomic E-state index is 0.126.